The molecule has 0 radical (unpaired) electrons. The minimum Gasteiger partial charge on any atom is -0.477 e. The second-order valence-corrected chi connectivity index (χ2v) is 8.17. The molecule has 3 N–H and O–H groups in total. The number of amides is 1. The first-order valence-corrected chi connectivity index (χ1v) is 9.87. The first kappa shape index (κ1) is 18.9. The number of thiazole rings is 1. The largest absolute Gasteiger partial charge is 0.477 e. The molecule has 25 heavy (non-hydrogen) atoms. The van der Waals surface area contributed by atoms with Gasteiger partial charge in [0.15, 0.2) is 0 Å². The molecule has 0 fully saturated rings. The first-order valence-electron chi connectivity index (χ1n) is 7.17. The van der Waals surface area contributed by atoms with Crippen LogP contribution in [0.4, 0.5) is 5.69 Å². The fourth-order valence-electron chi connectivity index (χ4n) is 2.11. The lowest BCUT2D eigenvalue weighted by Crippen LogP contribution is -2.27. The maximum absolute atomic E-state index is 12.5. The van der Waals surface area contributed by atoms with Gasteiger partial charge in [0.2, 0.25) is 10.0 Å². The van der Waals surface area contributed by atoms with Crippen molar-refractivity contribution < 1.29 is 23.1 Å². The number of hydrogen-bond donors (Lipinski definition) is 3. The van der Waals surface area contributed by atoms with E-state index < -0.39 is 27.9 Å². The smallest absolute Gasteiger partial charge is 0.347 e. The average molecular weight is 383 g/mol. The molecule has 134 valence electrons. The Morgan fingerprint density at radius 3 is 2.48 bits per heavy atom. The summed E-state index contributed by atoms with van der Waals surface area (Å²) in [5, 5.41) is 12.2. The van der Waals surface area contributed by atoms with Crippen LogP contribution in [0.5, 0.6) is 0 Å². The van der Waals surface area contributed by atoms with Gasteiger partial charge in [0.1, 0.15) is 9.88 Å². The lowest BCUT2D eigenvalue weighted by Gasteiger charge is -2.14. The van der Waals surface area contributed by atoms with Gasteiger partial charge in [0.25, 0.3) is 5.91 Å². The Morgan fingerprint density at radius 1 is 1.28 bits per heavy atom. The highest BCUT2D eigenvalue weighted by atomic mass is 32.2. The number of anilines is 1. The van der Waals surface area contributed by atoms with Crippen LogP contribution in [0.15, 0.2) is 24.3 Å². The van der Waals surface area contributed by atoms with Crippen LogP contribution in [-0.4, -0.2) is 36.6 Å². The van der Waals surface area contributed by atoms with Gasteiger partial charge in [-0.3, -0.25) is 9.52 Å². The Hall–Kier alpha value is -2.46. The summed E-state index contributed by atoms with van der Waals surface area (Å²) in [6.45, 7) is 3.26. The SMILES string of the molecule is Cc1nc(C(C)NC(=O)c2ccccc2NS(C)(=O)=O)sc1C(=O)O. The fraction of sp³-hybridized carbons (Fsp3) is 0.267. The predicted octanol–water partition coefficient (Wildman–Crippen LogP) is 2.01. The molecule has 0 spiro atoms. The van der Waals surface area contributed by atoms with Crippen molar-refractivity contribution in [1.29, 1.82) is 0 Å². The minimum atomic E-state index is -3.53. The molecule has 8 nitrogen and oxygen atoms in total. The van der Waals surface area contributed by atoms with E-state index >= 15 is 0 Å². The van der Waals surface area contributed by atoms with Crippen LogP contribution < -0.4 is 10.0 Å². The van der Waals surface area contributed by atoms with Crippen LogP contribution in [0, 0.1) is 6.92 Å². The van der Waals surface area contributed by atoms with Crippen molar-refractivity contribution in [3.8, 4) is 0 Å². The van der Waals surface area contributed by atoms with Crippen LogP contribution in [0.2, 0.25) is 0 Å². The summed E-state index contributed by atoms with van der Waals surface area (Å²) < 4.78 is 25.1. The molecule has 1 heterocycles. The number of nitrogens with one attached hydrogen (secondary N) is 2. The number of carbonyl (C=O) groups excluding carboxylic acids is 1. The average Bonchev–Trinajstić information content (AvgIpc) is 2.88. The molecule has 2 rings (SSSR count). The number of para-hydroxylation sites is 1. The van der Waals surface area contributed by atoms with Gasteiger partial charge in [-0.15, -0.1) is 11.3 Å². The monoisotopic (exact) mass is 383 g/mol. The summed E-state index contributed by atoms with van der Waals surface area (Å²) >= 11 is 0.990. The summed E-state index contributed by atoms with van der Waals surface area (Å²) in [5.74, 6) is -1.56. The number of sulfonamides is 1. The normalized spacial score (nSPS) is 12.4. The van der Waals surface area contributed by atoms with Gasteiger partial charge in [0, 0.05) is 0 Å². The van der Waals surface area contributed by atoms with Crippen LogP contribution >= 0.6 is 11.3 Å². The van der Waals surface area contributed by atoms with Gasteiger partial charge in [-0.05, 0) is 26.0 Å². The Bertz CT molecular complexity index is 921. The quantitative estimate of drug-likeness (QED) is 0.701. The summed E-state index contributed by atoms with van der Waals surface area (Å²) in [6.07, 6.45) is 0.996. The van der Waals surface area contributed by atoms with E-state index in [4.69, 9.17) is 5.11 Å². The third kappa shape index (κ3) is 4.77. The number of carboxylic acid groups (broad SMARTS) is 1. The highest BCUT2D eigenvalue weighted by Crippen LogP contribution is 2.24. The standard InChI is InChI=1S/C15H17N3O5S2/c1-8-12(15(20)21)24-14(17-8)9(2)16-13(19)10-6-4-5-7-11(10)18-25(3,22)23/h4-7,9,18H,1-3H3,(H,16,19)(H,20,21). The molecule has 1 atom stereocenters. The number of aryl methyl sites for hydroxylation is 1. The van der Waals surface area contributed by atoms with E-state index in [9.17, 15) is 18.0 Å². The lowest BCUT2D eigenvalue weighted by atomic mass is 10.1. The molecule has 2 aromatic rings. The Labute approximate surface area is 149 Å². The Kier molecular flexibility index (Phi) is 5.43. The van der Waals surface area contributed by atoms with E-state index in [0.717, 1.165) is 17.6 Å². The number of carbonyl (C=O) groups is 2. The molecular formula is C15H17N3O5S2. The van der Waals surface area contributed by atoms with E-state index in [1.54, 1.807) is 26.0 Å². The third-order valence-corrected chi connectivity index (χ3v) is 5.11. The number of aromatic nitrogens is 1. The van der Waals surface area contributed by atoms with Gasteiger partial charge in [-0.2, -0.15) is 0 Å². The molecule has 0 saturated carbocycles. The maximum atomic E-state index is 12.5. The van der Waals surface area contributed by atoms with Crippen molar-refractivity contribution in [2.75, 3.05) is 11.0 Å². The molecule has 1 unspecified atom stereocenters. The van der Waals surface area contributed by atoms with Crippen molar-refractivity contribution in [2.24, 2.45) is 0 Å². The molecule has 0 bridgehead atoms. The van der Waals surface area contributed by atoms with Crippen molar-refractivity contribution in [1.82, 2.24) is 10.3 Å². The highest BCUT2D eigenvalue weighted by molar-refractivity contribution is 7.92. The topological polar surface area (TPSA) is 125 Å². The van der Waals surface area contributed by atoms with Crippen LogP contribution in [0.1, 0.15) is 43.7 Å². The first-order chi connectivity index (χ1) is 11.6. The molecule has 10 heteroatoms. The minimum absolute atomic E-state index is 0.121. The zero-order chi connectivity index (χ0) is 18.8. The van der Waals surface area contributed by atoms with Crippen molar-refractivity contribution in [3.05, 3.63) is 45.4 Å². The molecule has 0 aliphatic carbocycles. The van der Waals surface area contributed by atoms with Crippen molar-refractivity contribution >= 4 is 38.9 Å². The van der Waals surface area contributed by atoms with Crippen LogP contribution in [0.25, 0.3) is 0 Å². The Balaban J connectivity index is 2.22. The van der Waals surface area contributed by atoms with Gasteiger partial charge >= 0.3 is 5.97 Å². The summed E-state index contributed by atoms with van der Waals surface area (Å²) in [4.78, 5) is 27.9. The van der Waals surface area contributed by atoms with E-state index in [1.165, 1.54) is 12.1 Å². The van der Waals surface area contributed by atoms with Gasteiger partial charge < -0.3 is 10.4 Å². The number of nitrogens with zero attached hydrogens (tertiary/aromatic N) is 1. The van der Waals surface area contributed by atoms with Crippen molar-refractivity contribution in [2.45, 2.75) is 19.9 Å². The second-order valence-electron chi connectivity index (χ2n) is 5.39. The summed E-state index contributed by atoms with van der Waals surface area (Å²) in [5.41, 5.74) is 0.704. The number of benzene rings is 1. The summed E-state index contributed by atoms with van der Waals surface area (Å²) in [7, 11) is -3.53. The molecular weight excluding hydrogens is 366 g/mol. The van der Waals surface area contributed by atoms with Gasteiger partial charge in [0.05, 0.1) is 29.2 Å². The molecule has 0 aliphatic heterocycles. The molecule has 0 aliphatic rings. The zero-order valence-electron chi connectivity index (χ0n) is 13.7. The number of aromatic carboxylic acids is 1. The zero-order valence-corrected chi connectivity index (χ0v) is 15.4. The maximum Gasteiger partial charge on any atom is 0.347 e. The number of hydrogen-bond acceptors (Lipinski definition) is 6. The number of carboxylic acids is 1. The molecule has 1 amide bonds. The third-order valence-electron chi connectivity index (χ3n) is 3.19. The Morgan fingerprint density at radius 2 is 1.92 bits per heavy atom. The summed E-state index contributed by atoms with van der Waals surface area (Å²) in [6, 6.07) is 5.66. The lowest BCUT2D eigenvalue weighted by molar-refractivity contribution is 0.0700. The van der Waals surface area contributed by atoms with Crippen molar-refractivity contribution in [3.63, 3.8) is 0 Å². The molecule has 1 aromatic carbocycles. The predicted molar refractivity (Wildman–Crippen MR) is 94.6 cm³/mol. The second kappa shape index (κ2) is 7.19. The highest BCUT2D eigenvalue weighted by Gasteiger charge is 2.21. The molecule has 0 saturated heterocycles. The van der Waals surface area contributed by atoms with E-state index in [1.807, 2.05) is 0 Å². The van der Waals surface area contributed by atoms with Crippen LogP contribution in [-0.2, 0) is 10.0 Å². The number of rotatable bonds is 6. The van der Waals surface area contributed by atoms with E-state index in [0.29, 0.717) is 10.7 Å². The van der Waals surface area contributed by atoms with Gasteiger partial charge in [-0.25, -0.2) is 18.2 Å². The fourth-order valence-corrected chi connectivity index (χ4v) is 3.59. The van der Waals surface area contributed by atoms with Gasteiger partial charge in [-0.1, -0.05) is 12.1 Å². The molecule has 1 aromatic heterocycles. The van der Waals surface area contributed by atoms with E-state index in [-0.39, 0.29) is 16.1 Å². The van der Waals surface area contributed by atoms with Crippen LogP contribution in [0.3, 0.4) is 0 Å². The van der Waals surface area contributed by atoms with E-state index in [2.05, 4.69) is 15.0 Å².